The zero-order chi connectivity index (χ0) is 25.4. The standard InChI is InChI=1S/C31H41N3O2/c1-2-3-4-10-25-36-29-20-15-26(16-21-29)14-18-28-19-17-27-11-7-8-12-30(27)34(28)24-9-5-6-13-31(35)33-23-22-32/h7-8,11-12,14-21H,2-6,9-10,13,22-25,32H2,1H3/p+1/b18-14+. The summed E-state index contributed by atoms with van der Waals surface area (Å²) in [5.74, 6) is 1.02. The molecule has 0 radical (unpaired) electrons. The van der Waals surface area contributed by atoms with Crippen LogP contribution < -0.4 is 20.4 Å². The second-order valence-electron chi connectivity index (χ2n) is 9.23. The van der Waals surface area contributed by atoms with Gasteiger partial charge in [-0.15, -0.1) is 0 Å². The maximum Gasteiger partial charge on any atom is 0.220 e. The van der Waals surface area contributed by atoms with Crippen molar-refractivity contribution in [2.24, 2.45) is 5.73 Å². The van der Waals surface area contributed by atoms with E-state index in [0.29, 0.717) is 19.5 Å². The van der Waals surface area contributed by atoms with Crippen LogP contribution in [-0.4, -0.2) is 25.6 Å². The third-order valence-electron chi connectivity index (χ3n) is 6.32. The van der Waals surface area contributed by atoms with E-state index >= 15 is 0 Å². The van der Waals surface area contributed by atoms with Crippen LogP contribution in [-0.2, 0) is 11.3 Å². The van der Waals surface area contributed by atoms with Crippen molar-refractivity contribution in [2.75, 3.05) is 19.7 Å². The molecular weight excluding hydrogens is 446 g/mol. The van der Waals surface area contributed by atoms with E-state index in [1.165, 1.54) is 35.9 Å². The fraction of sp³-hybridized carbons (Fsp3) is 0.419. The zero-order valence-electron chi connectivity index (χ0n) is 21.8. The molecule has 5 nitrogen and oxygen atoms in total. The SMILES string of the molecule is CCCCCCOc1ccc(/C=C/c2ccc3ccccc3[n+]2CCCCCC(=O)NCCN)cc1. The summed E-state index contributed by atoms with van der Waals surface area (Å²) in [5.41, 5.74) is 9.00. The molecule has 5 heteroatoms. The second-order valence-corrected chi connectivity index (χ2v) is 9.23. The monoisotopic (exact) mass is 488 g/mol. The summed E-state index contributed by atoms with van der Waals surface area (Å²) in [6.07, 6.45) is 12.7. The van der Waals surface area contributed by atoms with Crippen LogP contribution in [0, 0.1) is 0 Å². The molecule has 0 saturated carbocycles. The van der Waals surface area contributed by atoms with Gasteiger partial charge >= 0.3 is 0 Å². The molecule has 36 heavy (non-hydrogen) atoms. The number of carbonyl (C=O) groups is 1. The minimum absolute atomic E-state index is 0.0924. The van der Waals surface area contributed by atoms with Gasteiger partial charge in [-0.2, -0.15) is 4.57 Å². The first-order valence-electron chi connectivity index (χ1n) is 13.5. The Labute approximate surface area is 216 Å². The molecule has 0 spiro atoms. The Morgan fingerprint density at radius 3 is 2.53 bits per heavy atom. The van der Waals surface area contributed by atoms with Gasteiger partial charge in [0.25, 0.3) is 0 Å². The van der Waals surface area contributed by atoms with Crippen LogP contribution >= 0.6 is 0 Å². The van der Waals surface area contributed by atoms with Crippen LogP contribution in [0.2, 0.25) is 0 Å². The van der Waals surface area contributed by atoms with Crippen molar-refractivity contribution in [3.05, 3.63) is 71.9 Å². The molecule has 192 valence electrons. The smallest absolute Gasteiger partial charge is 0.220 e. The van der Waals surface area contributed by atoms with Gasteiger partial charge in [0.2, 0.25) is 17.1 Å². The number of carbonyl (C=O) groups excluding carboxylic acids is 1. The molecule has 0 aliphatic carbocycles. The minimum atomic E-state index is 0.0924. The highest BCUT2D eigenvalue weighted by Gasteiger charge is 2.13. The van der Waals surface area contributed by atoms with Crippen LogP contribution in [0.4, 0.5) is 0 Å². The number of ether oxygens (including phenoxy) is 1. The molecule has 0 aliphatic rings. The molecule has 2 aromatic carbocycles. The molecule has 0 fully saturated rings. The molecule has 0 atom stereocenters. The molecule has 0 aliphatic heterocycles. The van der Waals surface area contributed by atoms with Gasteiger partial charge in [-0.05, 0) is 55.2 Å². The maximum atomic E-state index is 11.8. The minimum Gasteiger partial charge on any atom is -0.494 e. The van der Waals surface area contributed by atoms with Crippen molar-refractivity contribution in [3.63, 3.8) is 0 Å². The summed E-state index contributed by atoms with van der Waals surface area (Å²) < 4.78 is 8.26. The lowest BCUT2D eigenvalue weighted by atomic mass is 10.1. The first kappa shape index (κ1) is 27.4. The quantitative estimate of drug-likeness (QED) is 0.195. The number of unbranched alkanes of at least 4 members (excludes halogenated alkanes) is 5. The average molecular weight is 489 g/mol. The highest BCUT2D eigenvalue weighted by Crippen LogP contribution is 2.17. The van der Waals surface area contributed by atoms with Gasteiger partial charge in [0.05, 0.1) is 6.61 Å². The van der Waals surface area contributed by atoms with Crippen molar-refractivity contribution in [2.45, 2.75) is 64.8 Å². The van der Waals surface area contributed by atoms with Gasteiger partial charge in [0, 0.05) is 49.5 Å². The molecule has 1 aromatic heterocycles. The van der Waals surface area contributed by atoms with Crippen molar-refractivity contribution in [3.8, 4) is 5.75 Å². The van der Waals surface area contributed by atoms with E-state index < -0.39 is 0 Å². The van der Waals surface area contributed by atoms with E-state index in [-0.39, 0.29) is 5.91 Å². The van der Waals surface area contributed by atoms with Gasteiger partial charge in [0.15, 0.2) is 0 Å². The van der Waals surface area contributed by atoms with Crippen LogP contribution in [0.3, 0.4) is 0 Å². The number of pyridine rings is 1. The number of aromatic nitrogens is 1. The summed E-state index contributed by atoms with van der Waals surface area (Å²) in [6.45, 7) is 4.95. The lowest BCUT2D eigenvalue weighted by Gasteiger charge is -2.07. The molecule has 1 heterocycles. The summed E-state index contributed by atoms with van der Waals surface area (Å²) in [4.78, 5) is 11.8. The van der Waals surface area contributed by atoms with E-state index in [2.05, 4.69) is 89.6 Å². The van der Waals surface area contributed by atoms with Crippen molar-refractivity contribution in [1.82, 2.24) is 5.32 Å². The third kappa shape index (κ3) is 9.12. The normalized spacial score (nSPS) is 11.3. The van der Waals surface area contributed by atoms with Crippen LogP contribution in [0.1, 0.15) is 69.5 Å². The largest absolute Gasteiger partial charge is 0.494 e. The van der Waals surface area contributed by atoms with Gasteiger partial charge in [-0.25, -0.2) is 0 Å². The molecule has 3 N–H and O–H groups in total. The van der Waals surface area contributed by atoms with Gasteiger partial charge in [-0.3, -0.25) is 4.79 Å². The number of amides is 1. The number of para-hydroxylation sites is 1. The van der Waals surface area contributed by atoms with Crippen molar-refractivity contribution >= 4 is 29.0 Å². The van der Waals surface area contributed by atoms with Crippen LogP contribution in [0.25, 0.3) is 23.1 Å². The molecule has 3 aromatic rings. The number of nitrogens with two attached hydrogens (primary N) is 1. The molecular formula is C31H42N3O2+. The van der Waals surface area contributed by atoms with E-state index in [0.717, 1.165) is 50.1 Å². The lowest BCUT2D eigenvalue weighted by Crippen LogP contribution is -2.38. The molecule has 0 bridgehead atoms. The maximum absolute atomic E-state index is 11.8. The summed E-state index contributed by atoms with van der Waals surface area (Å²) in [5, 5.41) is 4.07. The van der Waals surface area contributed by atoms with E-state index in [9.17, 15) is 4.79 Å². The molecule has 1 amide bonds. The Kier molecular flexibility index (Phi) is 12.0. The predicted octanol–water partition coefficient (Wildman–Crippen LogP) is 5.89. The number of nitrogens with one attached hydrogen (secondary N) is 1. The number of rotatable bonds is 16. The summed E-state index contributed by atoms with van der Waals surface area (Å²) in [7, 11) is 0. The number of hydrogen-bond donors (Lipinski definition) is 2. The lowest BCUT2D eigenvalue weighted by molar-refractivity contribution is -0.673. The van der Waals surface area contributed by atoms with Gasteiger partial charge < -0.3 is 15.8 Å². The van der Waals surface area contributed by atoms with Gasteiger partial charge in [-0.1, -0.05) is 50.5 Å². The Hall–Kier alpha value is -3.18. The number of benzene rings is 2. The van der Waals surface area contributed by atoms with Crippen LogP contribution in [0.5, 0.6) is 5.75 Å². The summed E-state index contributed by atoms with van der Waals surface area (Å²) in [6, 6.07) is 21.2. The number of nitrogens with zero attached hydrogens (tertiary/aromatic N) is 1. The van der Waals surface area contributed by atoms with Crippen molar-refractivity contribution < 1.29 is 14.1 Å². The van der Waals surface area contributed by atoms with E-state index in [1.807, 2.05) is 0 Å². The topological polar surface area (TPSA) is 68.2 Å². The Balaban J connectivity index is 1.60. The van der Waals surface area contributed by atoms with Gasteiger partial charge in [0.1, 0.15) is 12.3 Å². The molecule has 0 saturated heterocycles. The Morgan fingerprint density at radius 1 is 0.917 bits per heavy atom. The Bertz CT molecular complexity index is 1090. The Morgan fingerprint density at radius 2 is 1.72 bits per heavy atom. The second kappa shape index (κ2) is 15.7. The zero-order valence-corrected chi connectivity index (χ0v) is 21.8. The highest BCUT2D eigenvalue weighted by molar-refractivity contribution is 5.77. The van der Waals surface area contributed by atoms with E-state index in [4.69, 9.17) is 10.5 Å². The van der Waals surface area contributed by atoms with Crippen molar-refractivity contribution in [1.29, 1.82) is 0 Å². The number of aryl methyl sites for hydroxylation is 1. The fourth-order valence-electron chi connectivity index (χ4n) is 4.28. The summed E-state index contributed by atoms with van der Waals surface area (Å²) >= 11 is 0. The highest BCUT2D eigenvalue weighted by atomic mass is 16.5. The first-order chi connectivity index (χ1) is 17.7. The number of hydrogen-bond acceptors (Lipinski definition) is 3. The third-order valence-corrected chi connectivity index (χ3v) is 6.32. The molecule has 3 rings (SSSR count). The fourth-order valence-corrected chi connectivity index (χ4v) is 4.28. The first-order valence-corrected chi connectivity index (χ1v) is 13.5. The average Bonchev–Trinajstić information content (AvgIpc) is 2.91. The molecule has 0 unspecified atom stereocenters. The van der Waals surface area contributed by atoms with Crippen LogP contribution in [0.15, 0.2) is 60.7 Å². The number of fused-ring (bicyclic) bond motifs is 1. The van der Waals surface area contributed by atoms with E-state index in [1.54, 1.807) is 0 Å². The predicted molar refractivity (Wildman–Crippen MR) is 150 cm³/mol.